The van der Waals surface area contributed by atoms with Crippen molar-refractivity contribution in [2.24, 2.45) is 5.92 Å². The molecule has 0 amide bonds. The molecule has 1 aliphatic carbocycles. The number of hydrogen-bond acceptors (Lipinski definition) is 2. The summed E-state index contributed by atoms with van der Waals surface area (Å²) in [6.45, 7) is 4.40. The average molecular weight is 233 g/mol. The number of nitrogens with one attached hydrogen (secondary N) is 1. The number of benzene rings is 1. The Kier molecular flexibility index (Phi) is 4.06. The van der Waals surface area contributed by atoms with E-state index in [0.717, 1.165) is 11.5 Å². The second kappa shape index (κ2) is 5.54. The molecule has 2 heteroatoms. The van der Waals surface area contributed by atoms with Gasteiger partial charge in [0.25, 0.3) is 0 Å². The topological polar surface area (TPSA) is 32.3 Å². The second-order valence-corrected chi connectivity index (χ2v) is 5.28. The summed E-state index contributed by atoms with van der Waals surface area (Å²) >= 11 is 0. The molecule has 2 atom stereocenters. The van der Waals surface area contributed by atoms with Gasteiger partial charge >= 0.3 is 0 Å². The van der Waals surface area contributed by atoms with Gasteiger partial charge in [0.2, 0.25) is 0 Å². The Morgan fingerprint density at radius 2 is 1.82 bits per heavy atom. The van der Waals surface area contributed by atoms with Gasteiger partial charge in [-0.2, -0.15) is 0 Å². The SMILES string of the molecule is CC(N[C@H](C)C1CCCC1)c1ccccc1O. The summed E-state index contributed by atoms with van der Waals surface area (Å²) in [5.41, 5.74) is 0.998. The molecular weight excluding hydrogens is 210 g/mol. The molecule has 0 radical (unpaired) electrons. The maximum atomic E-state index is 9.82. The van der Waals surface area contributed by atoms with Crippen LogP contribution in [0.25, 0.3) is 0 Å². The van der Waals surface area contributed by atoms with Crippen molar-refractivity contribution in [1.29, 1.82) is 0 Å². The largest absolute Gasteiger partial charge is 0.508 e. The van der Waals surface area contributed by atoms with Crippen molar-refractivity contribution in [3.63, 3.8) is 0 Å². The molecule has 2 rings (SSSR count). The molecule has 0 spiro atoms. The predicted molar refractivity (Wildman–Crippen MR) is 71.1 cm³/mol. The maximum Gasteiger partial charge on any atom is 0.120 e. The van der Waals surface area contributed by atoms with Crippen LogP contribution in [0.2, 0.25) is 0 Å². The number of phenolic OH excluding ortho intramolecular Hbond substituents is 1. The third-order valence-corrected chi connectivity index (χ3v) is 4.02. The van der Waals surface area contributed by atoms with E-state index >= 15 is 0 Å². The molecule has 2 nitrogen and oxygen atoms in total. The second-order valence-electron chi connectivity index (χ2n) is 5.28. The van der Waals surface area contributed by atoms with Gasteiger partial charge in [-0.15, -0.1) is 0 Å². The van der Waals surface area contributed by atoms with Gasteiger partial charge < -0.3 is 10.4 Å². The molecule has 0 aromatic heterocycles. The maximum absolute atomic E-state index is 9.82. The molecule has 0 saturated heterocycles. The van der Waals surface area contributed by atoms with Gasteiger partial charge in [0.15, 0.2) is 0 Å². The van der Waals surface area contributed by atoms with Gasteiger partial charge in [-0.3, -0.25) is 0 Å². The fraction of sp³-hybridized carbons (Fsp3) is 0.600. The minimum absolute atomic E-state index is 0.215. The minimum atomic E-state index is 0.215. The van der Waals surface area contributed by atoms with Crippen LogP contribution in [0.1, 0.15) is 51.1 Å². The van der Waals surface area contributed by atoms with Crippen LogP contribution in [0.5, 0.6) is 5.75 Å². The zero-order chi connectivity index (χ0) is 12.3. The smallest absolute Gasteiger partial charge is 0.120 e. The first-order valence-electron chi connectivity index (χ1n) is 6.72. The first-order chi connectivity index (χ1) is 8.18. The molecule has 1 aromatic rings. The molecule has 94 valence electrons. The van der Waals surface area contributed by atoms with E-state index in [1.165, 1.54) is 25.7 Å². The Morgan fingerprint density at radius 1 is 1.18 bits per heavy atom. The highest BCUT2D eigenvalue weighted by molar-refractivity contribution is 5.34. The first-order valence-corrected chi connectivity index (χ1v) is 6.72. The monoisotopic (exact) mass is 233 g/mol. The van der Waals surface area contributed by atoms with Crippen LogP contribution >= 0.6 is 0 Å². The highest BCUT2D eigenvalue weighted by Crippen LogP contribution is 2.30. The van der Waals surface area contributed by atoms with E-state index in [-0.39, 0.29) is 6.04 Å². The van der Waals surface area contributed by atoms with Crippen LogP contribution in [0.3, 0.4) is 0 Å². The van der Waals surface area contributed by atoms with Crippen LogP contribution in [-0.2, 0) is 0 Å². The van der Waals surface area contributed by atoms with Gasteiger partial charge in [-0.05, 0) is 38.7 Å². The minimum Gasteiger partial charge on any atom is -0.508 e. The summed E-state index contributed by atoms with van der Waals surface area (Å²) in [5, 5.41) is 13.4. The summed E-state index contributed by atoms with van der Waals surface area (Å²) in [6, 6.07) is 8.35. The van der Waals surface area contributed by atoms with E-state index in [1.54, 1.807) is 6.07 Å². The number of aromatic hydroxyl groups is 1. The van der Waals surface area contributed by atoms with Crippen molar-refractivity contribution in [3.05, 3.63) is 29.8 Å². The normalized spacial score (nSPS) is 20.4. The van der Waals surface area contributed by atoms with E-state index in [0.29, 0.717) is 11.8 Å². The predicted octanol–water partition coefficient (Wildman–Crippen LogP) is 3.62. The third-order valence-electron chi connectivity index (χ3n) is 4.02. The lowest BCUT2D eigenvalue weighted by atomic mass is 9.97. The van der Waals surface area contributed by atoms with E-state index < -0.39 is 0 Å². The van der Waals surface area contributed by atoms with Gasteiger partial charge in [0, 0.05) is 17.6 Å². The lowest BCUT2D eigenvalue weighted by molar-refractivity contribution is 0.347. The van der Waals surface area contributed by atoms with Crippen molar-refractivity contribution in [2.75, 3.05) is 0 Å². The standard InChI is InChI=1S/C15H23NO/c1-11(13-7-3-4-8-13)16-12(2)14-9-5-6-10-15(14)17/h5-6,9-13,16-17H,3-4,7-8H2,1-2H3/t11-,12?/m1/s1. The van der Waals surface area contributed by atoms with Crippen molar-refractivity contribution in [3.8, 4) is 5.75 Å². The highest BCUT2D eigenvalue weighted by Gasteiger charge is 2.23. The summed E-state index contributed by atoms with van der Waals surface area (Å²) < 4.78 is 0. The van der Waals surface area contributed by atoms with Gasteiger partial charge in [-0.25, -0.2) is 0 Å². The Bertz CT molecular complexity index is 358. The van der Waals surface area contributed by atoms with Gasteiger partial charge in [0.1, 0.15) is 5.75 Å². The molecule has 1 aromatic carbocycles. The molecule has 1 unspecified atom stereocenters. The van der Waals surface area contributed by atoms with Gasteiger partial charge in [0.05, 0.1) is 0 Å². The lowest BCUT2D eigenvalue weighted by Gasteiger charge is -2.25. The Labute approximate surface area is 104 Å². The zero-order valence-corrected chi connectivity index (χ0v) is 10.8. The Morgan fingerprint density at radius 3 is 2.47 bits per heavy atom. The molecule has 1 aliphatic rings. The molecule has 1 saturated carbocycles. The lowest BCUT2D eigenvalue weighted by Crippen LogP contribution is -2.34. The van der Waals surface area contributed by atoms with Crippen LogP contribution < -0.4 is 5.32 Å². The molecule has 1 fully saturated rings. The third kappa shape index (κ3) is 3.01. The first kappa shape index (κ1) is 12.4. The van der Waals surface area contributed by atoms with Crippen LogP contribution in [0, 0.1) is 5.92 Å². The number of hydrogen-bond donors (Lipinski definition) is 2. The van der Waals surface area contributed by atoms with Crippen LogP contribution in [-0.4, -0.2) is 11.1 Å². The Hall–Kier alpha value is -1.02. The van der Waals surface area contributed by atoms with E-state index in [1.807, 2.05) is 18.2 Å². The summed E-state index contributed by atoms with van der Waals surface area (Å²) in [6.07, 6.45) is 5.45. The van der Waals surface area contributed by atoms with Crippen molar-refractivity contribution < 1.29 is 5.11 Å². The molecular formula is C15H23NO. The van der Waals surface area contributed by atoms with Crippen molar-refractivity contribution >= 4 is 0 Å². The zero-order valence-electron chi connectivity index (χ0n) is 10.8. The summed E-state index contributed by atoms with van der Waals surface area (Å²) in [7, 11) is 0. The number of rotatable bonds is 4. The van der Waals surface area contributed by atoms with Gasteiger partial charge in [-0.1, -0.05) is 31.0 Å². The van der Waals surface area contributed by atoms with Crippen molar-refractivity contribution in [2.45, 2.75) is 51.6 Å². The molecule has 0 heterocycles. The summed E-state index contributed by atoms with van der Waals surface area (Å²) in [5.74, 6) is 1.20. The number of para-hydroxylation sites is 1. The quantitative estimate of drug-likeness (QED) is 0.832. The fourth-order valence-electron chi connectivity index (χ4n) is 2.93. The average Bonchev–Trinajstić information content (AvgIpc) is 2.82. The fourth-order valence-corrected chi connectivity index (χ4v) is 2.93. The van der Waals surface area contributed by atoms with Crippen molar-refractivity contribution in [1.82, 2.24) is 5.32 Å². The van der Waals surface area contributed by atoms with E-state index in [2.05, 4.69) is 19.2 Å². The number of phenols is 1. The molecule has 0 bridgehead atoms. The molecule has 2 N–H and O–H groups in total. The summed E-state index contributed by atoms with van der Waals surface area (Å²) in [4.78, 5) is 0. The Balaban J connectivity index is 1.96. The van der Waals surface area contributed by atoms with E-state index in [9.17, 15) is 5.11 Å². The molecule has 17 heavy (non-hydrogen) atoms. The van der Waals surface area contributed by atoms with Crippen LogP contribution in [0.4, 0.5) is 0 Å². The highest BCUT2D eigenvalue weighted by atomic mass is 16.3. The van der Waals surface area contributed by atoms with Crippen LogP contribution in [0.15, 0.2) is 24.3 Å². The van der Waals surface area contributed by atoms with E-state index in [4.69, 9.17) is 0 Å². The molecule has 0 aliphatic heterocycles.